The molecule has 2 rings (SSSR count). The van der Waals surface area contributed by atoms with Crippen molar-refractivity contribution in [1.29, 1.82) is 0 Å². The topological polar surface area (TPSA) is 35.0 Å². The maximum atomic E-state index is 5.88. The Labute approximate surface area is 109 Å². The van der Waals surface area contributed by atoms with E-state index in [-0.39, 0.29) is 0 Å². The molecule has 1 aromatic carbocycles. The number of hydrogen-bond donors (Lipinski definition) is 0. The smallest absolute Gasteiger partial charge is 0.233 e. The molecule has 0 amide bonds. The molecule has 0 aliphatic rings. The van der Waals surface area contributed by atoms with Crippen molar-refractivity contribution in [3.8, 4) is 5.88 Å². The lowest BCUT2D eigenvalue weighted by Gasteiger charge is -2.05. The van der Waals surface area contributed by atoms with E-state index in [1.54, 1.807) is 0 Å². The van der Waals surface area contributed by atoms with Crippen LogP contribution >= 0.6 is 23.2 Å². The number of rotatable bonds is 4. The molecule has 0 N–H and O–H groups in total. The first-order valence-corrected chi connectivity index (χ1v) is 5.84. The second kappa shape index (κ2) is 5.84. The second-order valence-corrected chi connectivity index (χ2v) is 4.23. The fourth-order valence-corrected chi connectivity index (χ4v) is 1.71. The van der Waals surface area contributed by atoms with Crippen molar-refractivity contribution in [1.82, 2.24) is 9.97 Å². The lowest BCUT2D eigenvalue weighted by molar-refractivity contribution is 0.308. The van der Waals surface area contributed by atoms with Gasteiger partial charge in [0.1, 0.15) is 0 Å². The molecule has 0 spiro atoms. The summed E-state index contributed by atoms with van der Waals surface area (Å²) in [5.74, 6) is 0.430. The fraction of sp³-hybridized carbons (Fsp3) is 0.167. The highest BCUT2D eigenvalue weighted by molar-refractivity contribution is 6.30. The average molecular weight is 269 g/mol. The molecular weight excluding hydrogens is 259 g/mol. The second-order valence-electron chi connectivity index (χ2n) is 3.41. The molecule has 5 heteroatoms. The summed E-state index contributed by atoms with van der Waals surface area (Å²) in [5.41, 5.74) is 1.12. The maximum absolute atomic E-state index is 5.88. The van der Waals surface area contributed by atoms with Crippen LogP contribution in [0.15, 0.2) is 36.7 Å². The Morgan fingerprint density at radius 1 is 1.18 bits per heavy atom. The van der Waals surface area contributed by atoms with E-state index in [0.29, 0.717) is 17.6 Å². The molecule has 2 aromatic rings. The van der Waals surface area contributed by atoms with Crippen LogP contribution in [-0.2, 0) is 6.42 Å². The van der Waals surface area contributed by atoms with Gasteiger partial charge in [-0.3, -0.25) is 4.98 Å². The van der Waals surface area contributed by atoms with Crippen molar-refractivity contribution in [2.75, 3.05) is 6.61 Å². The van der Waals surface area contributed by atoms with E-state index in [1.807, 2.05) is 24.3 Å². The summed E-state index contributed by atoms with van der Waals surface area (Å²) in [6, 6.07) is 7.67. The van der Waals surface area contributed by atoms with Crippen molar-refractivity contribution in [2.24, 2.45) is 0 Å². The first-order valence-electron chi connectivity index (χ1n) is 5.09. The molecule has 0 radical (unpaired) electrons. The molecule has 0 saturated carbocycles. The van der Waals surface area contributed by atoms with Crippen LogP contribution in [0.25, 0.3) is 0 Å². The number of nitrogens with zero attached hydrogens (tertiary/aromatic N) is 2. The largest absolute Gasteiger partial charge is 0.476 e. The third kappa shape index (κ3) is 3.88. The summed E-state index contributed by atoms with van der Waals surface area (Å²) in [6.45, 7) is 0.509. The van der Waals surface area contributed by atoms with E-state index in [4.69, 9.17) is 27.9 Å². The third-order valence-corrected chi connectivity index (χ3v) is 2.53. The SMILES string of the molecule is Clc1cccc(CCOc2cncc(Cl)n2)c1. The van der Waals surface area contributed by atoms with E-state index in [9.17, 15) is 0 Å². The number of halogens is 2. The number of aromatic nitrogens is 2. The molecule has 1 heterocycles. The Morgan fingerprint density at radius 3 is 2.82 bits per heavy atom. The van der Waals surface area contributed by atoms with Gasteiger partial charge in [-0.25, -0.2) is 0 Å². The molecule has 0 saturated heterocycles. The minimum atomic E-state index is 0.324. The van der Waals surface area contributed by atoms with Crippen LogP contribution in [0.3, 0.4) is 0 Å². The highest BCUT2D eigenvalue weighted by Gasteiger charge is 1.99. The molecule has 0 unspecified atom stereocenters. The van der Waals surface area contributed by atoms with Gasteiger partial charge in [-0.15, -0.1) is 0 Å². The van der Waals surface area contributed by atoms with Gasteiger partial charge in [0, 0.05) is 11.4 Å². The zero-order valence-electron chi connectivity index (χ0n) is 8.94. The molecule has 0 fully saturated rings. The van der Waals surface area contributed by atoms with E-state index in [2.05, 4.69) is 9.97 Å². The molecule has 0 aliphatic heterocycles. The van der Waals surface area contributed by atoms with Crippen molar-refractivity contribution >= 4 is 23.2 Å². The van der Waals surface area contributed by atoms with Crippen LogP contribution in [0, 0.1) is 0 Å². The van der Waals surface area contributed by atoms with Gasteiger partial charge in [0.15, 0.2) is 5.15 Å². The Hall–Kier alpha value is -1.32. The van der Waals surface area contributed by atoms with E-state index in [1.165, 1.54) is 12.4 Å². The standard InChI is InChI=1S/C12H10Cl2N2O/c13-10-3-1-2-9(6-10)4-5-17-12-8-15-7-11(14)16-12/h1-3,6-8H,4-5H2. The van der Waals surface area contributed by atoms with Crippen LogP contribution in [-0.4, -0.2) is 16.6 Å². The van der Waals surface area contributed by atoms with Crippen LogP contribution in [0.4, 0.5) is 0 Å². The molecule has 17 heavy (non-hydrogen) atoms. The summed E-state index contributed by atoms with van der Waals surface area (Å²) >= 11 is 11.6. The fourth-order valence-electron chi connectivity index (χ4n) is 1.36. The van der Waals surface area contributed by atoms with Crippen LogP contribution in [0.5, 0.6) is 5.88 Å². The van der Waals surface area contributed by atoms with Gasteiger partial charge in [0.2, 0.25) is 5.88 Å². The maximum Gasteiger partial charge on any atom is 0.233 e. The minimum absolute atomic E-state index is 0.324. The summed E-state index contributed by atoms with van der Waals surface area (Å²) in [6.07, 6.45) is 3.75. The summed E-state index contributed by atoms with van der Waals surface area (Å²) in [7, 11) is 0. The molecule has 0 bridgehead atoms. The van der Waals surface area contributed by atoms with E-state index < -0.39 is 0 Å². The first kappa shape index (κ1) is 12.1. The lowest BCUT2D eigenvalue weighted by atomic mass is 10.2. The van der Waals surface area contributed by atoms with Gasteiger partial charge in [0.25, 0.3) is 0 Å². The number of hydrogen-bond acceptors (Lipinski definition) is 3. The Bertz CT molecular complexity index is 460. The van der Waals surface area contributed by atoms with Gasteiger partial charge < -0.3 is 4.74 Å². The molecule has 0 atom stereocenters. The highest BCUT2D eigenvalue weighted by atomic mass is 35.5. The summed E-state index contributed by atoms with van der Waals surface area (Å²) in [5, 5.41) is 1.05. The van der Waals surface area contributed by atoms with Crippen LogP contribution < -0.4 is 4.74 Å². The van der Waals surface area contributed by atoms with Crippen LogP contribution in [0.1, 0.15) is 5.56 Å². The van der Waals surface area contributed by atoms with Gasteiger partial charge in [-0.2, -0.15) is 4.98 Å². The zero-order chi connectivity index (χ0) is 12.1. The van der Waals surface area contributed by atoms with E-state index >= 15 is 0 Å². The Balaban J connectivity index is 1.87. The first-order chi connectivity index (χ1) is 8.24. The zero-order valence-corrected chi connectivity index (χ0v) is 10.4. The quantitative estimate of drug-likeness (QED) is 0.853. The predicted molar refractivity (Wildman–Crippen MR) is 67.7 cm³/mol. The van der Waals surface area contributed by atoms with E-state index in [0.717, 1.165) is 17.0 Å². The van der Waals surface area contributed by atoms with Gasteiger partial charge in [0.05, 0.1) is 19.0 Å². The van der Waals surface area contributed by atoms with Gasteiger partial charge >= 0.3 is 0 Å². The number of benzene rings is 1. The summed E-state index contributed by atoms with van der Waals surface area (Å²) in [4.78, 5) is 7.86. The van der Waals surface area contributed by atoms with Crippen molar-refractivity contribution in [3.63, 3.8) is 0 Å². The molecule has 1 aromatic heterocycles. The molecular formula is C12H10Cl2N2O. The minimum Gasteiger partial charge on any atom is -0.476 e. The normalized spacial score (nSPS) is 10.2. The van der Waals surface area contributed by atoms with Gasteiger partial charge in [-0.05, 0) is 17.7 Å². The highest BCUT2D eigenvalue weighted by Crippen LogP contribution is 2.12. The molecule has 0 aliphatic carbocycles. The van der Waals surface area contributed by atoms with Crippen LogP contribution in [0.2, 0.25) is 10.2 Å². The predicted octanol–water partition coefficient (Wildman–Crippen LogP) is 3.40. The average Bonchev–Trinajstić information content (AvgIpc) is 2.29. The Morgan fingerprint density at radius 2 is 2.06 bits per heavy atom. The van der Waals surface area contributed by atoms with Crippen molar-refractivity contribution in [3.05, 3.63) is 52.4 Å². The third-order valence-electron chi connectivity index (χ3n) is 2.11. The molecule has 88 valence electrons. The monoisotopic (exact) mass is 268 g/mol. The Kier molecular flexibility index (Phi) is 4.18. The van der Waals surface area contributed by atoms with Crippen molar-refractivity contribution < 1.29 is 4.74 Å². The molecule has 3 nitrogen and oxygen atoms in total. The number of ether oxygens (including phenoxy) is 1. The summed E-state index contributed by atoms with van der Waals surface area (Å²) < 4.78 is 5.43. The van der Waals surface area contributed by atoms with Crippen molar-refractivity contribution in [2.45, 2.75) is 6.42 Å². The lowest BCUT2D eigenvalue weighted by Crippen LogP contribution is -2.03. The van der Waals surface area contributed by atoms with Gasteiger partial charge in [-0.1, -0.05) is 35.3 Å².